The van der Waals surface area contributed by atoms with Crippen molar-refractivity contribution in [2.75, 3.05) is 0 Å². The Morgan fingerprint density at radius 1 is 0.632 bits per heavy atom. The van der Waals surface area contributed by atoms with E-state index in [1.54, 1.807) is 5.92 Å². The molecule has 0 nitrogen and oxygen atoms in total. The summed E-state index contributed by atoms with van der Waals surface area (Å²) in [6.45, 7) is 6.76. The Morgan fingerprint density at radius 2 is 1.11 bits per heavy atom. The molecule has 0 saturated carbocycles. The third-order valence-corrected chi connectivity index (χ3v) is 3.69. The molecular formula is C19H37. The molecule has 0 bridgehead atoms. The van der Waals surface area contributed by atoms with Gasteiger partial charge in [-0.05, 0) is 38.0 Å². The fraction of sp³-hybridized carbons (Fsp3) is 0.842. The Bertz CT molecular complexity index is 178. The van der Waals surface area contributed by atoms with E-state index in [0.29, 0.717) is 0 Å². The predicted molar refractivity (Wildman–Crippen MR) is 89.4 cm³/mol. The minimum atomic E-state index is 1.30. The standard InChI is InChI=1S/C19H37/c1-4-5-6-7-8-9-10-11-12-13-14-15-16-17-18-19(2)3/h11-12H,4-10,13-18H2,1-3H3/b12-11+. The maximum absolute atomic E-state index is 2.41. The third-order valence-electron chi connectivity index (χ3n) is 3.69. The lowest BCUT2D eigenvalue weighted by Gasteiger charge is -2.02. The molecule has 0 aliphatic carbocycles. The van der Waals surface area contributed by atoms with Gasteiger partial charge in [0.15, 0.2) is 0 Å². The first-order valence-electron chi connectivity index (χ1n) is 8.71. The Balaban J connectivity index is 3.05. The van der Waals surface area contributed by atoms with E-state index in [2.05, 4.69) is 32.9 Å². The Labute approximate surface area is 123 Å². The normalized spacial score (nSPS) is 11.8. The average molecular weight is 266 g/mol. The molecule has 0 spiro atoms. The molecule has 0 atom stereocenters. The molecule has 0 aromatic heterocycles. The Hall–Kier alpha value is -0.260. The van der Waals surface area contributed by atoms with E-state index in [1.807, 2.05) is 0 Å². The summed E-state index contributed by atoms with van der Waals surface area (Å²) in [7, 11) is 0. The van der Waals surface area contributed by atoms with Gasteiger partial charge in [0.2, 0.25) is 0 Å². The van der Waals surface area contributed by atoms with Crippen LogP contribution >= 0.6 is 0 Å². The van der Waals surface area contributed by atoms with E-state index in [1.165, 1.54) is 83.5 Å². The molecule has 0 aliphatic rings. The van der Waals surface area contributed by atoms with Crippen LogP contribution in [0.5, 0.6) is 0 Å². The van der Waals surface area contributed by atoms with Crippen molar-refractivity contribution in [1.82, 2.24) is 0 Å². The minimum Gasteiger partial charge on any atom is -0.0885 e. The largest absolute Gasteiger partial charge is 0.0885 e. The minimum absolute atomic E-state index is 1.30. The fourth-order valence-corrected chi connectivity index (χ4v) is 2.37. The van der Waals surface area contributed by atoms with Crippen LogP contribution in [0.3, 0.4) is 0 Å². The van der Waals surface area contributed by atoms with Gasteiger partial charge < -0.3 is 0 Å². The molecule has 0 aliphatic heterocycles. The van der Waals surface area contributed by atoms with Crippen LogP contribution in [0.2, 0.25) is 0 Å². The zero-order valence-electron chi connectivity index (χ0n) is 13.8. The average Bonchev–Trinajstić information content (AvgIpc) is 2.39. The van der Waals surface area contributed by atoms with Gasteiger partial charge in [-0.25, -0.2) is 0 Å². The molecule has 0 unspecified atom stereocenters. The molecule has 0 saturated heterocycles. The van der Waals surface area contributed by atoms with Crippen molar-refractivity contribution >= 4 is 0 Å². The van der Waals surface area contributed by atoms with Gasteiger partial charge in [-0.3, -0.25) is 0 Å². The van der Waals surface area contributed by atoms with E-state index in [4.69, 9.17) is 0 Å². The van der Waals surface area contributed by atoms with E-state index in [0.717, 1.165) is 0 Å². The molecule has 19 heavy (non-hydrogen) atoms. The molecular weight excluding hydrogens is 228 g/mol. The number of unbranched alkanes of at least 4 members (excludes halogenated alkanes) is 10. The summed E-state index contributed by atoms with van der Waals surface area (Å²) in [6.07, 6.45) is 22.8. The Kier molecular flexibility index (Phi) is 15.6. The topological polar surface area (TPSA) is 0 Å². The van der Waals surface area contributed by atoms with Gasteiger partial charge in [-0.1, -0.05) is 84.3 Å². The van der Waals surface area contributed by atoms with Gasteiger partial charge in [0.05, 0.1) is 0 Å². The van der Waals surface area contributed by atoms with E-state index < -0.39 is 0 Å². The second-order valence-electron chi connectivity index (χ2n) is 6.19. The molecule has 0 fully saturated rings. The number of allylic oxidation sites excluding steroid dienone is 2. The first-order chi connectivity index (χ1) is 9.27. The summed E-state index contributed by atoms with van der Waals surface area (Å²) in [4.78, 5) is 0. The highest BCUT2D eigenvalue weighted by Crippen LogP contribution is 2.12. The summed E-state index contributed by atoms with van der Waals surface area (Å²) in [6, 6.07) is 0. The van der Waals surface area contributed by atoms with Crippen molar-refractivity contribution in [3.8, 4) is 0 Å². The SMILES string of the molecule is CCCCCCCC/C=C/CCCCCC[C](C)C. The van der Waals surface area contributed by atoms with Crippen LogP contribution in [0.25, 0.3) is 0 Å². The molecule has 113 valence electrons. The van der Waals surface area contributed by atoms with Crippen LogP contribution in [0.1, 0.15) is 104 Å². The van der Waals surface area contributed by atoms with Crippen LogP contribution in [0.15, 0.2) is 12.2 Å². The van der Waals surface area contributed by atoms with Crippen molar-refractivity contribution in [3.05, 3.63) is 18.1 Å². The second-order valence-corrected chi connectivity index (χ2v) is 6.19. The summed E-state index contributed by atoms with van der Waals surface area (Å²) in [5.41, 5.74) is 0. The second kappa shape index (κ2) is 15.8. The molecule has 0 aromatic carbocycles. The highest BCUT2D eigenvalue weighted by atomic mass is 14.0. The summed E-state index contributed by atoms with van der Waals surface area (Å²) in [5.74, 6) is 1.58. The molecule has 0 rings (SSSR count). The van der Waals surface area contributed by atoms with Crippen molar-refractivity contribution in [3.63, 3.8) is 0 Å². The van der Waals surface area contributed by atoms with Crippen LogP contribution in [0, 0.1) is 5.92 Å². The van der Waals surface area contributed by atoms with Crippen LogP contribution in [0.4, 0.5) is 0 Å². The fourth-order valence-electron chi connectivity index (χ4n) is 2.37. The summed E-state index contributed by atoms with van der Waals surface area (Å²) >= 11 is 0. The highest BCUT2D eigenvalue weighted by Gasteiger charge is 1.94. The predicted octanol–water partition coefficient (Wildman–Crippen LogP) is 7.25. The van der Waals surface area contributed by atoms with Crippen molar-refractivity contribution in [1.29, 1.82) is 0 Å². The Morgan fingerprint density at radius 3 is 1.63 bits per heavy atom. The van der Waals surface area contributed by atoms with Crippen LogP contribution in [-0.4, -0.2) is 0 Å². The quantitative estimate of drug-likeness (QED) is 0.229. The summed E-state index contributed by atoms with van der Waals surface area (Å²) < 4.78 is 0. The highest BCUT2D eigenvalue weighted by molar-refractivity contribution is 4.81. The maximum atomic E-state index is 2.41. The first-order valence-corrected chi connectivity index (χ1v) is 8.71. The van der Waals surface area contributed by atoms with Crippen molar-refractivity contribution < 1.29 is 0 Å². The smallest absolute Gasteiger partial charge is 0.0303 e. The van der Waals surface area contributed by atoms with Crippen molar-refractivity contribution in [2.45, 2.75) is 104 Å². The summed E-state index contributed by atoms with van der Waals surface area (Å²) in [5, 5.41) is 0. The number of hydrogen-bond donors (Lipinski definition) is 0. The van der Waals surface area contributed by atoms with E-state index >= 15 is 0 Å². The zero-order valence-corrected chi connectivity index (χ0v) is 13.8. The molecule has 0 heterocycles. The van der Waals surface area contributed by atoms with Gasteiger partial charge in [-0.15, -0.1) is 0 Å². The van der Waals surface area contributed by atoms with Gasteiger partial charge in [0.25, 0.3) is 0 Å². The van der Waals surface area contributed by atoms with Crippen LogP contribution in [-0.2, 0) is 0 Å². The van der Waals surface area contributed by atoms with E-state index in [9.17, 15) is 0 Å². The molecule has 0 heteroatoms. The molecule has 0 aromatic rings. The monoisotopic (exact) mass is 265 g/mol. The molecule has 1 radical (unpaired) electrons. The lowest BCUT2D eigenvalue weighted by atomic mass is 10.0. The van der Waals surface area contributed by atoms with Gasteiger partial charge in [0.1, 0.15) is 0 Å². The van der Waals surface area contributed by atoms with Gasteiger partial charge in [-0.2, -0.15) is 0 Å². The van der Waals surface area contributed by atoms with Gasteiger partial charge >= 0.3 is 0 Å². The van der Waals surface area contributed by atoms with E-state index in [-0.39, 0.29) is 0 Å². The van der Waals surface area contributed by atoms with Gasteiger partial charge in [0, 0.05) is 0 Å². The number of hydrogen-bond acceptors (Lipinski definition) is 0. The molecule has 0 N–H and O–H groups in total. The lowest BCUT2D eigenvalue weighted by molar-refractivity contribution is 0.609. The molecule has 0 amide bonds. The number of rotatable bonds is 14. The zero-order chi connectivity index (χ0) is 14.2. The lowest BCUT2D eigenvalue weighted by Crippen LogP contribution is -1.84. The first kappa shape index (κ1) is 18.7. The van der Waals surface area contributed by atoms with Crippen LogP contribution < -0.4 is 0 Å². The van der Waals surface area contributed by atoms with Crippen molar-refractivity contribution in [2.24, 2.45) is 0 Å². The maximum Gasteiger partial charge on any atom is -0.0303 e. The third kappa shape index (κ3) is 17.7.